The Morgan fingerprint density at radius 2 is 1.93 bits per heavy atom. The quantitative estimate of drug-likeness (QED) is 0.764. The lowest BCUT2D eigenvalue weighted by atomic mass is 10.2. The number of aromatic nitrogens is 2. The third kappa shape index (κ3) is 1.49. The molecule has 1 fully saturated rings. The van der Waals surface area contributed by atoms with E-state index in [2.05, 4.69) is 50.0 Å². The minimum absolute atomic E-state index is 0.612. The van der Waals surface area contributed by atoms with Crippen LogP contribution in [0.25, 0.3) is 10.9 Å². The van der Waals surface area contributed by atoms with E-state index in [4.69, 9.17) is 0 Å². The molecule has 0 saturated heterocycles. The number of hydrogen-bond acceptors (Lipinski definition) is 1. The van der Waals surface area contributed by atoms with Gasteiger partial charge in [-0.25, -0.2) is 0 Å². The van der Waals surface area contributed by atoms with E-state index in [1.165, 1.54) is 36.6 Å². The molecule has 3 heteroatoms. The topological polar surface area (TPSA) is 17.8 Å². The van der Waals surface area contributed by atoms with Crippen molar-refractivity contribution in [1.29, 1.82) is 0 Å². The summed E-state index contributed by atoms with van der Waals surface area (Å²) < 4.78 is 3.18. The molecule has 0 radical (unpaired) electrons. The summed E-state index contributed by atoms with van der Waals surface area (Å²) in [7, 11) is 0. The number of benzene rings is 1. The van der Waals surface area contributed by atoms with Crippen molar-refractivity contribution in [2.24, 2.45) is 0 Å². The lowest BCUT2D eigenvalue weighted by molar-refractivity contribution is 0.480. The summed E-state index contributed by atoms with van der Waals surface area (Å²) in [5.74, 6) is 0. The minimum Gasteiger partial charge on any atom is -0.261 e. The van der Waals surface area contributed by atoms with Crippen LogP contribution in [0, 0.1) is 0 Å². The predicted octanol–water partition coefficient (Wildman–Crippen LogP) is 3.91. The molecule has 78 valence electrons. The molecule has 0 N–H and O–H groups in total. The largest absolute Gasteiger partial charge is 0.261 e. The maximum absolute atomic E-state index is 4.61. The number of halogens is 1. The van der Waals surface area contributed by atoms with Crippen molar-refractivity contribution in [3.8, 4) is 0 Å². The lowest BCUT2D eigenvalue weighted by Crippen LogP contribution is -2.05. The number of hydrogen-bond donors (Lipinski definition) is 0. The van der Waals surface area contributed by atoms with Gasteiger partial charge in [-0.3, -0.25) is 4.68 Å². The van der Waals surface area contributed by atoms with E-state index < -0.39 is 0 Å². The highest BCUT2D eigenvalue weighted by atomic mass is 79.9. The molecule has 1 saturated carbocycles. The first kappa shape index (κ1) is 9.40. The molecule has 0 unspecified atom stereocenters. The molecule has 15 heavy (non-hydrogen) atoms. The zero-order valence-electron chi connectivity index (χ0n) is 8.49. The van der Waals surface area contributed by atoms with Crippen LogP contribution in [0.2, 0.25) is 0 Å². The zero-order chi connectivity index (χ0) is 10.3. The van der Waals surface area contributed by atoms with Gasteiger partial charge in [0.2, 0.25) is 0 Å². The van der Waals surface area contributed by atoms with E-state index in [9.17, 15) is 0 Å². The van der Waals surface area contributed by atoms with E-state index in [1.807, 2.05) is 0 Å². The average molecular weight is 265 g/mol. The molecule has 1 heterocycles. The Morgan fingerprint density at radius 1 is 1.20 bits per heavy atom. The third-order valence-corrected chi connectivity index (χ3v) is 3.82. The first-order chi connectivity index (χ1) is 7.36. The SMILES string of the molecule is Brc1nn(C2CCCC2)c2ccccc12. The fourth-order valence-corrected chi connectivity index (χ4v) is 2.98. The van der Waals surface area contributed by atoms with Crippen LogP contribution in [0.5, 0.6) is 0 Å². The van der Waals surface area contributed by atoms with Crippen molar-refractivity contribution >= 4 is 26.8 Å². The van der Waals surface area contributed by atoms with Gasteiger partial charge in [-0.15, -0.1) is 0 Å². The fourth-order valence-electron chi connectivity index (χ4n) is 2.48. The Bertz CT molecular complexity index is 483. The second-order valence-electron chi connectivity index (χ2n) is 4.19. The van der Waals surface area contributed by atoms with E-state index in [0.717, 1.165) is 4.60 Å². The van der Waals surface area contributed by atoms with Crippen molar-refractivity contribution in [1.82, 2.24) is 9.78 Å². The van der Waals surface area contributed by atoms with Gasteiger partial charge in [-0.1, -0.05) is 31.0 Å². The molecular weight excluding hydrogens is 252 g/mol. The minimum atomic E-state index is 0.612. The van der Waals surface area contributed by atoms with Crippen LogP contribution in [0.1, 0.15) is 31.7 Å². The van der Waals surface area contributed by atoms with Crippen molar-refractivity contribution in [2.45, 2.75) is 31.7 Å². The summed E-state index contributed by atoms with van der Waals surface area (Å²) in [6.07, 6.45) is 5.24. The summed E-state index contributed by atoms with van der Waals surface area (Å²) in [6.45, 7) is 0. The van der Waals surface area contributed by atoms with Crippen LogP contribution in [-0.2, 0) is 0 Å². The number of para-hydroxylation sites is 1. The Balaban J connectivity index is 2.17. The van der Waals surface area contributed by atoms with Gasteiger partial charge in [-0.2, -0.15) is 5.10 Å². The van der Waals surface area contributed by atoms with Gasteiger partial charge in [0, 0.05) is 5.39 Å². The van der Waals surface area contributed by atoms with E-state index in [-0.39, 0.29) is 0 Å². The predicted molar refractivity (Wildman–Crippen MR) is 64.9 cm³/mol. The summed E-state index contributed by atoms with van der Waals surface area (Å²) in [5.41, 5.74) is 1.26. The molecule has 0 aliphatic heterocycles. The second-order valence-corrected chi connectivity index (χ2v) is 4.94. The van der Waals surface area contributed by atoms with Gasteiger partial charge in [0.25, 0.3) is 0 Å². The molecule has 1 aliphatic carbocycles. The Hall–Kier alpha value is -0.830. The first-order valence-corrected chi connectivity index (χ1v) is 6.28. The first-order valence-electron chi connectivity index (χ1n) is 5.49. The van der Waals surface area contributed by atoms with Gasteiger partial charge in [0.05, 0.1) is 11.6 Å². The molecule has 0 spiro atoms. The van der Waals surface area contributed by atoms with Gasteiger partial charge >= 0.3 is 0 Å². The van der Waals surface area contributed by atoms with E-state index >= 15 is 0 Å². The fraction of sp³-hybridized carbons (Fsp3) is 0.417. The number of rotatable bonds is 1. The van der Waals surface area contributed by atoms with E-state index in [1.54, 1.807) is 0 Å². The third-order valence-electron chi connectivity index (χ3n) is 3.24. The number of nitrogens with zero attached hydrogens (tertiary/aromatic N) is 2. The zero-order valence-corrected chi connectivity index (χ0v) is 10.1. The molecule has 2 aromatic rings. The number of fused-ring (bicyclic) bond motifs is 1. The van der Waals surface area contributed by atoms with Crippen LogP contribution < -0.4 is 0 Å². The highest BCUT2D eigenvalue weighted by Gasteiger charge is 2.20. The van der Waals surface area contributed by atoms with Crippen LogP contribution in [0.15, 0.2) is 28.9 Å². The molecular formula is C12H13BrN2. The Morgan fingerprint density at radius 3 is 2.73 bits per heavy atom. The maximum atomic E-state index is 4.61. The van der Waals surface area contributed by atoms with Gasteiger partial charge in [0.1, 0.15) is 4.60 Å². The lowest BCUT2D eigenvalue weighted by Gasteiger charge is -2.10. The van der Waals surface area contributed by atoms with Crippen molar-refractivity contribution in [3.05, 3.63) is 28.9 Å². The van der Waals surface area contributed by atoms with E-state index in [0.29, 0.717) is 6.04 Å². The van der Waals surface area contributed by atoms with Crippen LogP contribution >= 0.6 is 15.9 Å². The average Bonchev–Trinajstić information content (AvgIpc) is 2.87. The summed E-state index contributed by atoms with van der Waals surface area (Å²) in [5, 5.41) is 5.83. The summed E-state index contributed by atoms with van der Waals surface area (Å²) in [6, 6.07) is 9.04. The summed E-state index contributed by atoms with van der Waals surface area (Å²) in [4.78, 5) is 0. The molecule has 0 atom stereocenters. The molecule has 0 bridgehead atoms. The van der Waals surface area contributed by atoms with Crippen LogP contribution in [-0.4, -0.2) is 9.78 Å². The molecule has 0 amide bonds. The molecule has 3 rings (SSSR count). The Kier molecular flexibility index (Phi) is 2.28. The smallest absolute Gasteiger partial charge is 0.136 e. The summed E-state index contributed by atoms with van der Waals surface area (Å²) >= 11 is 3.53. The highest BCUT2D eigenvalue weighted by molar-refractivity contribution is 9.10. The highest BCUT2D eigenvalue weighted by Crippen LogP contribution is 2.33. The van der Waals surface area contributed by atoms with Gasteiger partial charge in [0.15, 0.2) is 0 Å². The molecule has 2 nitrogen and oxygen atoms in total. The van der Waals surface area contributed by atoms with Crippen LogP contribution in [0.3, 0.4) is 0 Å². The Labute approximate surface area is 97.4 Å². The van der Waals surface area contributed by atoms with Crippen molar-refractivity contribution in [2.75, 3.05) is 0 Å². The van der Waals surface area contributed by atoms with Gasteiger partial charge < -0.3 is 0 Å². The van der Waals surface area contributed by atoms with Crippen molar-refractivity contribution in [3.63, 3.8) is 0 Å². The normalized spacial score (nSPS) is 17.7. The molecule has 1 aromatic heterocycles. The van der Waals surface area contributed by atoms with Gasteiger partial charge in [-0.05, 0) is 34.8 Å². The monoisotopic (exact) mass is 264 g/mol. The van der Waals surface area contributed by atoms with Crippen molar-refractivity contribution < 1.29 is 0 Å². The molecule has 1 aliphatic rings. The molecule has 1 aromatic carbocycles. The van der Waals surface area contributed by atoms with Crippen LogP contribution in [0.4, 0.5) is 0 Å². The second kappa shape index (κ2) is 3.63. The standard InChI is InChI=1S/C12H13BrN2/c13-12-10-7-3-4-8-11(10)15(14-12)9-5-1-2-6-9/h3-4,7-9H,1-2,5-6H2. The maximum Gasteiger partial charge on any atom is 0.136 e.